The molecule has 2 aromatic rings. The molecule has 1 aromatic carbocycles. The van der Waals surface area contributed by atoms with Gasteiger partial charge in [0.05, 0.1) is 6.54 Å². The molecule has 0 aliphatic carbocycles. The van der Waals surface area contributed by atoms with E-state index in [0.717, 1.165) is 12.8 Å². The van der Waals surface area contributed by atoms with Gasteiger partial charge < -0.3 is 24.1 Å². The second kappa shape index (κ2) is 8.57. The number of ether oxygens (including phenoxy) is 2. The molecule has 0 saturated heterocycles. The summed E-state index contributed by atoms with van der Waals surface area (Å²) < 4.78 is 16.0. The van der Waals surface area contributed by atoms with E-state index in [2.05, 4.69) is 10.3 Å². The maximum atomic E-state index is 12.9. The highest BCUT2D eigenvalue weighted by molar-refractivity contribution is 5.95. The van der Waals surface area contributed by atoms with E-state index < -0.39 is 0 Å². The number of carbonyl (C=O) groups excluding carboxylic acids is 2. The largest absolute Gasteiger partial charge is 0.454 e. The van der Waals surface area contributed by atoms with Crippen LogP contribution in [0.25, 0.3) is 0 Å². The molecule has 1 aromatic heterocycles. The Balaban J connectivity index is 1.71. The van der Waals surface area contributed by atoms with E-state index in [9.17, 15) is 9.59 Å². The van der Waals surface area contributed by atoms with Crippen LogP contribution in [0.2, 0.25) is 0 Å². The normalized spacial score (nSPS) is 12.1. The summed E-state index contributed by atoms with van der Waals surface area (Å²) in [5, 5.41) is 2.75. The average molecular weight is 373 g/mol. The van der Waals surface area contributed by atoms with Crippen molar-refractivity contribution in [2.45, 2.75) is 33.2 Å². The molecule has 0 spiro atoms. The molecule has 0 saturated carbocycles. The molecule has 0 bridgehead atoms. The fourth-order valence-corrected chi connectivity index (χ4v) is 2.71. The van der Waals surface area contributed by atoms with Crippen LogP contribution >= 0.6 is 0 Å². The fraction of sp³-hybridized carbons (Fsp3) is 0.421. The zero-order valence-corrected chi connectivity index (χ0v) is 15.5. The predicted molar refractivity (Wildman–Crippen MR) is 96.7 cm³/mol. The van der Waals surface area contributed by atoms with Crippen LogP contribution in [-0.2, 0) is 6.54 Å². The molecule has 8 heteroatoms. The lowest BCUT2D eigenvalue weighted by Crippen LogP contribution is -2.31. The van der Waals surface area contributed by atoms with Gasteiger partial charge in [-0.05, 0) is 31.0 Å². The van der Waals surface area contributed by atoms with Crippen LogP contribution in [0.4, 0.5) is 0 Å². The van der Waals surface area contributed by atoms with Crippen LogP contribution < -0.4 is 14.8 Å². The summed E-state index contributed by atoms with van der Waals surface area (Å²) in [6.07, 6.45) is 2.93. The van der Waals surface area contributed by atoms with E-state index in [1.165, 1.54) is 6.26 Å². The maximum absolute atomic E-state index is 12.9. The topological polar surface area (TPSA) is 93.9 Å². The number of nitrogens with zero attached hydrogens (tertiary/aromatic N) is 2. The molecule has 2 heterocycles. The monoisotopic (exact) mass is 373 g/mol. The molecule has 0 unspecified atom stereocenters. The molecule has 1 aliphatic rings. The van der Waals surface area contributed by atoms with Crippen molar-refractivity contribution in [1.29, 1.82) is 0 Å². The lowest BCUT2D eigenvalue weighted by molar-refractivity contribution is 0.0728. The van der Waals surface area contributed by atoms with E-state index in [1.807, 2.05) is 13.8 Å². The standard InChI is InChI=1S/C19H23N3O5/c1-3-7-20-18(23)14-11-25-17(21-14)10-22(8-4-2)19(24)13-5-6-15-16(9-13)27-12-26-15/h5-6,9,11H,3-4,7-8,10,12H2,1-2H3,(H,20,23). The Morgan fingerprint density at radius 3 is 2.78 bits per heavy atom. The van der Waals surface area contributed by atoms with Gasteiger partial charge in [-0.15, -0.1) is 0 Å². The summed E-state index contributed by atoms with van der Waals surface area (Å²) in [5.41, 5.74) is 0.714. The van der Waals surface area contributed by atoms with Gasteiger partial charge in [0.25, 0.3) is 11.8 Å². The minimum atomic E-state index is -0.281. The van der Waals surface area contributed by atoms with Crippen LogP contribution in [0.15, 0.2) is 28.9 Å². The average Bonchev–Trinajstić information content (AvgIpc) is 3.33. The summed E-state index contributed by atoms with van der Waals surface area (Å²) in [6, 6.07) is 5.10. The van der Waals surface area contributed by atoms with E-state index in [1.54, 1.807) is 23.1 Å². The van der Waals surface area contributed by atoms with Crippen molar-refractivity contribution >= 4 is 11.8 Å². The Morgan fingerprint density at radius 2 is 2.00 bits per heavy atom. The van der Waals surface area contributed by atoms with Gasteiger partial charge in [-0.2, -0.15) is 0 Å². The number of benzene rings is 1. The number of amides is 2. The minimum absolute atomic E-state index is 0.158. The van der Waals surface area contributed by atoms with Gasteiger partial charge in [0.15, 0.2) is 17.2 Å². The van der Waals surface area contributed by atoms with Crippen molar-refractivity contribution in [3.05, 3.63) is 41.6 Å². The number of oxazole rings is 1. The van der Waals surface area contributed by atoms with E-state index in [0.29, 0.717) is 36.0 Å². The number of rotatable bonds is 8. The number of nitrogens with one attached hydrogen (secondary N) is 1. The summed E-state index contributed by atoms with van der Waals surface area (Å²) in [7, 11) is 0. The number of carbonyl (C=O) groups is 2. The molecule has 0 atom stereocenters. The number of aromatic nitrogens is 1. The molecule has 27 heavy (non-hydrogen) atoms. The van der Waals surface area contributed by atoms with E-state index in [-0.39, 0.29) is 30.8 Å². The van der Waals surface area contributed by atoms with E-state index in [4.69, 9.17) is 13.9 Å². The highest BCUT2D eigenvalue weighted by atomic mass is 16.7. The third-order valence-electron chi connectivity index (χ3n) is 4.05. The summed E-state index contributed by atoms with van der Waals surface area (Å²) >= 11 is 0. The predicted octanol–water partition coefficient (Wildman–Crippen LogP) is 2.60. The zero-order valence-electron chi connectivity index (χ0n) is 15.5. The molecular formula is C19H23N3O5. The second-order valence-electron chi connectivity index (χ2n) is 6.18. The van der Waals surface area contributed by atoms with Gasteiger partial charge in [0.1, 0.15) is 6.26 Å². The first-order valence-electron chi connectivity index (χ1n) is 9.03. The lowest BCUT2D eigenvalue weighted by Gasteiger charge is -2.20. The number of hydrogen-bond acceptors (Lipinski definition) is 6. The molecule has 144 valence electrons. The van der Waals surface area contributed by atoms with Gasteiger partial charge in [0, 0.05) is 18.7 Å². The Labute approximate surface area is 157 Å². The summed E-state index contributed by atoms with van der Waals surface area (Å²) in [5.74, 6) is 1.06. The smallest absolute Gasteiger partial charge is 0.273 e. The summed E-state index contributed by atoms with van der Waals surface area (Å²) in [4.78, 5) is 30.7. The molecule has 2 amide bonds. The molecule has 3 rings (SSSR count). The lowest BCUT2D eigenvalue weighted by atomic mass is 10.1. The molecule has 8 nitrogen and oxygen atoms in total. The van der Waals surface area contributed by atoms with Crippen LogP contribution in [0.3, 0.4) is 0 Å². The van der Waals surface area contributed by atoms with E-state index >= 15 is 0 Å². The van der Waals surface area contributed by atoms with Gasteiger partial charge in [-0.3, -0.25) is 9.59 Å². The first-order valence-corrected chi connectivity index (χ1v) is 9.03. The van der Waals surface area contributed by atoms with Crippen molar-refractivity contribution in [2.75, 3.05) is 19.9 Å². The quantitative estimate of drug-likeness (QED) is 0.764. The van der Waals surface area contributed by atoms with Gasteiger partial charge in [0.2, 0.25) is 12.7 Å². The minimum Gasteiger partial charge on any atom is -0.454 e. The Bertz CT molecular complexity index is 817. The maximum Gasteiger partial charge on any atom is 0.273 e. The Morgan fingerprint density at radius 1 is 1.19 bits per heavy atom. The van der Waals surface area contributed by atoms with Gasteiger partial charge in [-0.1, -0.05) is 13.8 Å². The highest BCUT2D eigenvalue weighted by Crippen LogP contribution is 2.32. The third kappa shape index (κ3) is 4.39. The molecular weight excluding hydrogens is 350 g/mol. The number of fused-ring (bicyclic) bond motifs is 1. The molecule has 1 N–H and O–H groups in total. The second-order valence-corrected chi connectivity index (χ2v) is 6.18. The van der Waals surface area contributed by atoms with Crippen LogP contribution in [0.1, 0.15) is 53.4 Å². The van der Waals surface area contributed by atoms with Crippen molar-refractivity contribution in [3.63, 3.8) is 0 Å². The molecule has 1 aliphatic heterocycles. The van der Waals surface area contributed by atoms with Gasteiger partial charge in [-0.25, -0.2) is 4.98 Å². The molecule has 0 fully saturated rings. The zero-order chi connectivity index (χ0) is 19.2. The molecule has 0 radical (unpaired) electrons. The highest BCUT2D eigenvalue weighted by Gasteiger charge is 2.22. The van der Waals surface area contributed by atoms with Crippen molar-refractivity contribution in [1.82, 2.24) is 15.2 Å². The third-order valence-corrected chi connectivity index (χ3v) is 4.05. The van der Waals surface area contributed by atoms with Crippen molar-refractivity contribution in [3.8, 4) is 11.5 Å². The number of hydrogen-bond donors (Lipinski definition) is 1. The van der Waals surface area contributed by atoms with Crippen LogP contribution in [-0.4, -0.2) is 41.6 Å². The van der Waals surface area contributed by atoms with Crippen LogP contribution in [0, 0.1) is 0 Å². The van der Waals surface area contributed by atoms with Gasteiger partial charge >= 0.3 is 0 Å². The first-order chi connectivity index (χ1) is 13.1. The SMILES string of the molecule is CCCNC(=O)c1coc(CN(CCC)C(=O)c2ccc3c(c2)OCO3)n1. The first kappa shape index (κ1) is 18.8. The summed E-state index contributed by atoms with van der Waals surface area (Å²) in [6.45, 7) is 5.41. The Kier molecular flexibility index (Phi) is 5.95. The fourth-order valence-electron chi connectivity index (χ4n) is 2.71. The van der Waals surface area contributed by atoms with Crippen molar-refractivity contribution < 1.29 is 23.5 Å². The Hall–Kier alpha value is -3.03. The van der Waals surface area contributed by atoms with Crippen molar-refractivity contribution in [2.24, 2.45) is 0 Å². The van der Waals surface area contributed by atoms with Crippen LogP contribution in [0.5, 0.6) is 11.5 Å².